The number of esters is 1. The lowest BCUT2D eigenvalue weighted by molar-refractivity contribution is -0.111. The third kappa shape index (κ3) is 6.46. The van der Waals surface area contributed by atoms with Crippen LogP contribution in [0.25, 0.3) is 17.2 Å². The molecule has 5 nitrogen and oxygen atoms in total. The van der Waals surface area contributed by atoms with Crippen LogP contribution in [-0.2, 0) is 9.53 Å². The third-order valence-corrected chi connectivity index (χ3v) is 5.99. The van der Waals surface area contributed by atoms with Gasteiger partial charge in [-0.25, -0.2) is 4.79 Å². The number of thiophene rings is 1. The topological polar surface area (TPSA) is 64.6 Å². The monoisotopic (exact) mass is 483 g/mol. The van der Waals surface area contributed by atoms with Gasteiger partial charge in [-0.2, -0.15) is 0 Å². The van der Waals surface area contributed by atoms with E-state index >= 15 is 0 Å². The van der Waals surface area contributed by atoms with E-state index in [1.165, 1.54) is 17.4 Å². The molecular formula is C26H26ClNO4S. The first kappa shape index (κ1) is 24.6. The number of carbonyl (C=O) groups excluding carboxylic acids is 2. The van der Waals surface area contributed by atoms with Gasteiger partial charge in [0.05, 0.1) is 13.2 Å². The lowest BCUT2D eigenvalue weighted by atomic mass is 10.0. The molecule has 172 valence electrons. The van der Waals surface area contributed by atoms with E-state index in [0.717, 1.165) is 33.7 Å². The summed E-state index contributed by atoms with van der Waals surface area (Å²) in [4.78, 5) is 26.3. The van der Waals surface area contributed by atoms with E-state index in [-0.39, 0.29) is 12.5 Å². The van der Waals surface area contributed by atoms with E-state index in [4.69, 9.17) is 21.1 Å². The number of nitrogens with one attached hydrogen (secondary N) is 1. The number of halogens is 1. The van der Waals surface area contributed by atoms with Crippen molar-refractivity contribution in [2.45, 2.75) is 27.2 Å². The second-order valence-corrected chi connectivity index (χ2v) is 8.87. The second-order valence-electron chi connectivity index (χ2n) is 7.20. The number of hydrogen-bond donors (Lipinski definition) is 1. The number of amides is 1. The van der Waals surface area contributed by atoms with Crippen LogP contribution in [-0.4, -0.2) is 25.1 Å². The Bertz CT molecular complexity index is 1130. The van der Waals surface area contributed by atoms with Crippen LogP contribution in [0.2, 0.25) is 5.02 Å². The average molecular weight is 484 g/mol. The van der Waals surface area contributed by atoms with Gasteiger partial charge < -0.3 is 14.8 Å². The van der Waals surface area contributed by atoms with Crippen LogP contribution in [0.1, 0.15) is 41.1 Å². The highest BCUT2D eigenvalue weighted by Gasteiger charge is 2.25. The molecular weight excluding hydrogens is 458 g/mol. The van der Waals surface area contributed by atoms with E-state index in [1.807, 2.05) is 43.3 Å². The number of benzene rings is 2. The minimum absolute atomic E-state index is 0.235. The highest BCUT2D eigenvalue weighted by molar-refractivity contribution is 7.17. The summed E-state index contributed by atoms with van der Waals surface area (Å²) in [5, 5.41) is 3.90. The van der Waals surface area contributed by atoms with E-state index in [0.29, 0.717) is 22.2 Å². The van der Waals surface area contributed by atoms with Gasteiger partial charge in [0.15, 0.2) is 0 Å². The fourth-order valence-electron chi connectivity index (χ4n) is 3.22. The van der Waals surface area contributed by atoms with Crippen molar-refractivity contribution in [3.8, 4) is 16.9 Å². The van der Waals surface area contributed by atoms with Gasteiger partial charge in [0.1, 0.15) is 16.3 Å². The second kappa shape index (κ2) is 11.7. The van der Waals surface area contributed by atoms with Gasteiger partial charge in [-0.3, -0.25) is 4.79 Å². The molecule has 33 heavy (non-hydrogen) atoms. The maximum Gasteiger partial charge on any atom is 0.341 e. The summed E-state index contributed by atoms with van der Waals surface area (Å²) in [7, 11) is 0. The normalized spacial score (nSPS) is 10.9. The summed E-state index contributed by atoms with van der Waals surface area (Å²) in [5.74, 6) is -0.0224. The van der Waals surface area contributed by atoms with Crippen molar-refractivity contribution in [2.75, 3.05) is 18.5 Å². The Labute approximate surface area is 203 Å². The minimum Gasteiger partial charge on any atom is -0.494 e. The number of ether oxygens (including phenoxy) is 2. The van der Waals surface area contributed by atoms with Crippen LogP contribution < -0.4 is 10.1 Å². The van der Waals surface area contributed by atoms with E-state index in [9.17, 15) is 9.59 Å². The van der Waals surface area contributed by atoms with Gasteiger partial charge in [0.25, 0.3) is 0 Å². The van der Waals surface area contributed by atoms with Crippen LogP contribution >= 0.6 is 22.9 Å². The molecule has 0 aliphatic heterocycles. The Balaban J connectivity index is 1.82. The van der Waals surface area contributed by atoms with E-state index in [2.05, 4.69) is 12.2 Å². The van der Waals surface area contributed by atoms with Crippen LogP contribution in [0.15, 0.2) is 54.6 Å². The molecule has 0 aliphatic carbocycles. The molecule has 3 aromatic rings. The number of rotatable bonds is 9. The molecule has 0 saturated carbocycles. The zero-order valence-electron chi connectivity index (χ0n) is 18.8. The van der Waals surface area contributed by atoms with Crippen LogP contribution in [0.3, 0.4) is 0 Å². The van der Waals surface area contributed by atoms with Crippen LogP contribution in [0.4, 0.5) is 5.00 Å². The third-order valence-electron chi connectivity index (χ3n) is 4.71. The predicted molar refractivity (Wildman–Crippen MR) is 135 cm³/mol. The van der Waals surface area contributed by atoms with Crippen molar-refractivity contribution in [3.63, 3.8) is 0 Å². The summed E-state index contributed by atoms with van der Waals surface area (Å²) < 4.78 is 10.9. The number of anilines is 1. The van der Waals surface area contributed by atoms with Crippen molar-refractivity contribution in [1.29, 1.82) is 0 Å². The summed E-state index contributed by atoms with van der Waals surface area (Å²) in [6, 6.07) is 14.7. The van der Waals surface area contributed by atoms with E-state index < -0.39 is 5.97 Å². The minimum atomic E-state index is -0.478. The maximum absolute atomic E-state index is 12.8. The molecule has 1 heterocycles. The number of aryl methyl sites for hydroxylation is 1. The molecule has 0 aliphatic rings. The molecule has 0 saturated heterocycles. The van der Waals surface area contributed by atoms with Crippen LogP contribution in [0, 0.1) is 6.92 Å². The molecule has 1 amide bonds. The van der Waals surface area contributed by atoms with E-state index in [1.54, 1.807) is 25.1 Å². The molecule has 0 spiro atoms. The first-order valence-electron chi connectivity index (χ1n) is 10.7. The predicted octanol–water partition coefficient (Wildman–Crippen LogP) is 6.99. The summed E-state index contributed by atoms with van der Waals surface area (Å²) in [6.45, 7) is 6.61. The standard InChI is InChI=1S/C26H26ClNO4S/c1-4-16-32-21-13-6-18(7-14-21)8-15-22(29)28-25-24(26(30)31-5-2)23(17(3)33-25)19-9-11-20(27)12-10-19/h6-15H,4-5,16H2,1-3H3,(H,28,29). The van der Waals surface area contributed by atoms with Gasteiger partial charge in [0.2, 0.25) is 5.91 Å². The Morgan fingerprint density at radius 1 is 1.06 bits per heavy atom. The average Bonchev–Trinajstić information content (AvgIpc) is 3.13. The Morgan fingerprint density at radius 2 is 1.76 bits per heavy atom. The first-order valence-corrected chi connectivity index (χ1v) is 11.9. The Kier molecular flexibility index (Phi) is 8.69. The largest absolute Gasteiger partial charge is 0.494 e. The van der Waals surface area contributed by atoms with Gasteiger partial charge in [0, 0.05) is 21.5 Å². The molecule has 2 aromatic carbocycles. The molecule has 1 aromatic heterocycles. The summed E-state index contributed by atoms with van der Waals surface area (Å²) >= 11 is 7.36. The molecule has 0 atom stereocenters. The van der Waals surface area contributed by atoms with Gasteiger partial charge in [-0.05, 0) is 61.7 Å². The quantitative estimate of drug-likeness (QED) is 0.263. The van der Waals surface area contributed by atoms with Crippen molar-refractivity contribution < 1.29 is 19.1 Å². The lowest BCUT2D eigenvalue weighted by Crippen LogP contribution is -2.12. The highest BCUT2D eigenvalue weighted by atomic mass is 35.5. The summed E-state index contributed by atoms with van der Waals surface area (Å²) in [6.07, 6.45) is 4.09. The number of hydrogen-bond acceptors (Lipinski definition) is 5. The zero-order chi connectivity index (χ0) is 23.8. The Morgan fingerprint density at radius 3 is 2.39 bits per heavy atom. The smallest absolute Gasteiger partial charge is 0.341 e. The molecule has 7 heteroatoms. The lowest BCUT2D eigenvalue weighted by Gasteiger charge is -2.08. The van der Waals surface area contributed by atoms with Crippen molar-refractivity contribution in [1.82, 2.24) is 0 Å². The molecule has 0 bridgehead atoms. The van der Waals surface area contributed by atoms with Gasteiger partial charge in [-0.15, -0.1) is 11.3 Å². The molecule has 0 fully saturated rings. The highest BCUT2D eigenvalue weighted by Crippen LogP contribution is 2.40. The molecule has 3 rings (SSSR count). The SMILES string of the molecule is CCCOc1ccc(C=CC(=O)Nc2sc(C)c(-c3ccc(Cl)cc3)c2C(=O)OCC)cc1. The van der Waals surface area contributed by atoms with Crippen molar-refractivity contribution in [2.24, 2.45) is 0 Å². The summed E-state index contributed by atoms with van der Waals surface area (Å²) in [5.41, 5.74) is 2.78. The molecule has 0 unspecified atom stereocenters. The Hall–Kier alpha value is -3.09. The molecule has 1 N–H and O–H groups in total. The van der Waals surface area contributed by atoms with Gasteiger partial charge >= 0.3 is 5.97 Å². The van der Waals surface area contributed by atoms with Crippen molar-refractivity contribution in [3.05, 3.63) is 75.6 Å². The van der Waals surface area contributed by atoms with Crippen molar-refractivity contribution >= 4 is 45.9 Å². The van der Waals surface area contributed by atoms with Gasteiger partial charge in [-0.1, -0.05) is 42.8 Å². The fraction of sp³-hybridized carbons (Fsp3) is 0.231. The van der Waals surface area contributed by atoms with Crippen LogP contribution in [0.5, 0.6) is 5.75 Å². The molecule has 0 radical (unpaired) electrons. The zero-order valence-corrected chi connectivity index (χ0v) is 20.4. The fourth-order valence-corrected chi connectivity index (χ4v) is 4.41. The maximum atomic E-state index is 12.8. The number of carbonyl (C=O) groups is 2. The first-order chi connectivity index (χ1) is 15.9.